The summed E-state index contributed by atoms with van der Waals surface area (Å²) < 4.78 is 2.43. The minimum absolute atomic E-state index is 0.181. The Kier molecular flexibility index (Phi) is 3.83. The maximum absolute atomic E-state index is 13.8. The predicted molar refractivity (Wildman–Crippen MR) is 116 cm³/mol. The van der Waals surface area contributed by atoms with E-state index in [2.05, 4.69) is 10.3 Å². The molecule has 0 fully saturated rings. The maximum atomic E-state index is 13.8. The Morgan fingerprint density at radius 3 is 2.37 bits per heavy atom. The molecule has 1 aliphatic rings. The van der Waals surface area contributed by atoms with Crippen LogP contribution in [0.2, 0.25) is 0 Å². The monoisotopic (exact) mass is 400 g/mol. The van der Waals surface area contributed by atoms with Crippen LogP contribution in [-0.2, 0) is 14.1 Å². The summed E-state index contributed by atoms with van der Waals surface area (Å²) in [4.78, 5) is 42.8. The third-order valence-electron chi connectivity index (χ3n) is 5.86. The van der Waals surface area contributed by atoms with Crippen LogP contribution in [0, 0.1) is 6.92 Å². The summed E-state index contributed by atoms with van der Waals surface area (Å²) in [6.07, 6.45) is 0. The molecule has 7 nitrogen and oxygen atoms in total. The Hall–Kier alpha value is -3.87. The summed E-state index contributed by atoms with van der Waals surface area (Å²) in [6.45, 7) is 1.96. The van der Waals surface area contributed by atoms with E-state index in [9.17, 15) is 14.4 Å². The zero-order valence-electron chi connectivity index (χ0n) is 16.8. The summed E-state index contributed by atoms with van der Waals surface area (Å²) in [5.74, 6) is -0.0508. The van der Waals surface area contributed by atoms with Crippen LogP contribution in [0.1, 0.15) is 33.0 Å². The number of Topliss-reactive ketones (excluding diaryl/α,β-unsaturated/α-hetero) is 1. The molecule has 4 aromatic rings. The first-order valence-electron chi connectivity index (χ1n) is 9.67. The molecule has 0 saturated carbocycles. The van der Waals surface area contributed by atoms with E-state index in [4.69, 9.17) is 0 Å². The Balaban J connectivity index is 1.87. The van der Waals surface area contributed by atoms with Crippen LogP contribution in [0.5, 0.6) is 0 Å². The molecule has 5 rings (SSSR count). The SMILES string of the molecule is Cc1ccc(C(=O)[C@H]2c3c(n(C)c(=O)n(C)c3=O)Nc3[nH]c4ccccc4c32)cc1. The molecule has 0 amide bonds. The number of hydrogen-bond acceptors (Lipinski definition) is 4. The Morgan fingerprint density at radius 2 is 1.63 bits per heavy atom. The first kappa shape index (κ1) is 18.2. The molecule has 0 unspecified atom stereocenters. The number of carbonyl (C=O) groups is 1. The lowest BCUT2D eigenvalue weighted by Gasteiger charge is -2.27. The molecule has 2 N–H and O–H groups in total. The van der Waals surface area contributed by atoms with Gasteiger partial charge in [-0.2, -0.15) is 0 Å². The highest BCUT2D eigenvalue weighted by Crippen LogP contribution is 2.44. The Morgan fingerprint density at radius 1 is 0.933 bits per heavy atom. The second-order valence-corrected chi connectivity index (χ2v) is 7.72. The molecule has 0 spiro atoms. The summed E-state index contributed by atoms with van der Waals surface area (Å²) in [5, 5.41) is 4.06. The second kappa shape index (κ2) is 6.32. The number of ketones is 1. The average Bonchev–Trinajstić information content (AvgIpc) is 3.13. The number of fused-ring (bicyclic) bond motifs is 4. The van der Waals surface area contributed by atoms with Crippen LogP contribution < -0.4 is 16.6 Å². The molecular formula is C23H20N4O3. The van der Waals surface area contributed by atoms with E-state index in [1.165, 1.54) is 11.6 Å². The smallest absolute Gasteiger partial charge is 0.332 e. The van der Waals surface area contributed by atoms with Crippen molar-refractivity contribution in [1.29, 1.82) is 0 Å². The van der Waals surface area contributed by atoms with Gasteiger partial charge in [-0.3, -0.25) is 18.7 Å². The molecule has 150 valence electrons. The van der Waals surface area contributed by atoms with Crippen molar-refractivity contribution in [3.63, 3.8) is 0 Å². The summed E-state index contributed by atoms with van der Waals surface area (Å²) in [7, 11) is 3.03. The highest BCUT2D eigenvalue weighted by Gasteiger charge is 2.38. The van der Waals surface area contributed by atoms with Gasteiger partial charge in [-0.05, 0) is 13.0 Å². The van der Waals surface area contributed by atoms with E-state index in [1.807, 2.05) is 43.3 Å². The summed E-state index contributed by atoms with van der Waals surface area (Å²) in [6, 6.07) is 15.0. The number of benzene rings is 2. The highest BCUT2D eigenvalue weighted by atomic mass is 16.2. The molecule has 2 aromatic carbocycles. The van der Waals surface area contributed by atoms with E-state index in [-0.39, 0.29) is 11.3 Å². The van der Waals surface area contributed by atoms with Gasteiger partial charge in [0.1, 0.15) is 11.6 Å². The van der Waals surface area contributed by atoms with Crippen LogP contribution in [0.25, 0.3) is 10.9 Å². The number of rotatable bonds is 2. The lowest BCUT2D eigenvalue weighted by Crippen LogP contribution is -2.43. The van der Waals surface area contributed by atoms with Crippen LogP contribution in [0.3, 0.4) is 0 Å². The minimum Gasteiger partial charge on any atom is -0.341 e. The van der Waals surface area contributed by atoms with Crippen molar-refractivity contribution in [2.24, 2.45) is 14.1 Å². The fraction of sp³-hybridized carbons (Fsp3) is 0.174. The van der Waals surface area contributed by atoms with Crippen molar-refractivity contribution in [3.05, 3.63) is 91.6 Å². The lowest BCUT2D eigenvalue weighted by atomic mass is 9.82. The third kappa shape index (κ3) is 2.41. The molecule has 1 atom stereocenters. The number of nitrogens with one attached hydrogen (secondary N) is 2. The van der Waals surface area contributed by atoms with E-state index in [0.29, 0.717) is 17.2 Å². The van der Waals surface area contributed by atoms with Gasteiger partial charge < -0.3 is 10.3 Å². The van der Waals surface area contributed by atoms with E-state index >= 15 is 0 Å². The van der Waals surface area contributed by atoms with Gasteiger partial charge in [0.2, 0.25) is 0 Å². The zero-order valence-corrected chi connectivity index (χ0v) is 16.8. The van der Waals surface area contributed by atoms with Gasteiger partial charge in [0.05, 0.1) is 11.5 Å². The summed E-state index contributed by atoms with van der Waals surface area (Å²) >= 11 is 0. The molecule has 2 aromatic heterocycles. The van der Waals surface area contributed by atoms with Crippen LogP contribution in [0.15, 0.2) is 58.1 Å². The molecule has 0 saturated heterocycles. The van der Waals surface area contributed by atoms with E-state index in [1.54, 1.807) is 19.2 Å². The van der Waals surface area contributed by atoms with Crippen molar-refractivity contribution >= 4 is 28.3 Å². The largest absolute Gasteiger partial charge is 0.341 e. The minimum atomic E-state index is -0.833. The normalized spacial score (nSPS) is 14.8. The standard InChI is InChI=1S/C23H20N4O3/c1-12-8-10-13(11-9-12)19(28)17-16-14-6-4-5-7-15(14)24-20(16)25-21-18(17)22(29)27(3)23(30)26(21)2/h4-11,17,24-25H,1-3H3/t17-/m1/s1. The second-order valence-electron chi connectivity index (χ2n) is 7.72. The van der Waals surface area contributed by atoms with Crippen molar-refractivity contribution < 1.29 is 4.79 Å². The number of anilines is 2. The number of H-pyrrole nitrogens is 1. The van der Waals surface area contributed by atoms with Gasteiger partial charge in [-0.25, -0.2) is 4.79 Å². The Bertz CT molecular complexity index is 1460. The first-order valence-corrected chi connectivity index (χ1v) is 9.67. The van der Waals surface area contributed by atoms with Crippen molar-refractivity contribution in [1.82, 2.24) is 14.1 Å². The van der Waals surface area contributed by atoms with Gasteiger partial charge in [0, 0.05) is 36.1 Å². The van der Waals surface area contributed by atoms with E-state index in [0.717, 1.165) is 26.6 Å². The zero-order chi connectivity index (χ0) is 21.2. The van der Waals surface area contributed by atoms with Crippen LogP contribution in [-0.4, -0.2) is 19.9 Å². The first-order chi connectivity index (χ1) is 14.4. The molecule has 3 heterocycles. The quantitative estimate of drug-likeness (QED) is 0.507. The van der Waals surface area contributed by atoms with Gasteiger partial charge in [0.25, 0.3) is 5.56 Å². The van der Waals surface area contributed by atoms with E-state index < -0.39 is 17.2 Å². The fourth-order valence-electron chi connectivity index (χ4n) is 4.25. The number of nitrogens with zero attached hydrogens (tertiary/aromatic N) is 2. The number of para-hydroxylation sites is 1. The molecule has 30 heavy (non-hydrogen) atoms. The van der Waals surface area contributed by atoms with Crippen molar-refractivity contribution in [3.8, 4) is 0 Å². The molecule has 7 heteroatoms. The van der Waals surface area contributed by atoms with Crippen LogP contribution in [0.4, 0.5) is 11.6 Å². The van der Waals surface area contributed by atoms with Gasteiger partial charge in [0.15, 0.2) is 5.78 Å². The topological polar surface area (TPSA) is 88.9 Å². The van der Waals surface area contributed by atoms with Crippen molar-refractivity contribution in [2.45, 2.75) is 12.8 Å². The fourth-order valence-corrected chi connectivity index (χ4v) is 4.25. The van der Waals surface area contributed by atoms with Gasteiger partial charge >= 0.3 is 5.69 Å². The highest BCUT2D eigenvalue weighted by molar-refractivity contribution is 6.09. The molecule has 1 aliphatic heterocycles. The predicted octanol–water partition coefficient (Wildman–Crippen LogP) is 2.95. The number of aryl methyl sites for hydroxylation is 1. The molecule has 0 aliphatic carbocycles. The number of carbonyl (C=O) groups excluding carboxylic acids is 1. The number of aromatic nitrogens is 3. The summed E-state index contributed by atoms with van der Waals surface area (Å²) in [5.41, 5.74) is 2.50. The lowest BCUT2D eigenvalue weighted by molar-refractivity contribution is 0.0973. The molecule has 0 bridgehead atoms. The number of hydrogen-bond donors (Lipinski definition) is 2. The van der Waals surface area contributed by atoms with Gasteiger partial charge in [-0.15, -0.1) is 0 Å². The third-order valence-corrected chi connectivity index (χ3v) is 5.86. The maximum Gasteiger partial charge on any atom is 0.332 e. The van der Waals surface area contributed by atoms with Crippen LogP contribution >= 0.6 is 0 Å². The van der Waals surface area contributed by atoms with Crippen molar-refractivity contribution in [2.75, 3.05) is 5.32 Å². The Labute approximate surface area is 171 Å². The average molecular weight is 400 g/mol. The molecule has 0 radical (unpaired) electrons. The number of aromatic amines is 1. The molecular weight excluding hydrogens is 380 g/mol. The van der Waals surface area contributed by atoms with Gasteiger partial charge in [-0.1, -0.05) is 48.0 Å².